The van der Waals surface area contributed by atoms with Crippen LogP contribution >= 0.6 is 11.6 Å². The lowest BCUT2D eigenvalue weighted by Crippen LogP contribution is -2.40. The smallest absolute Gasteiger partial charge is 0.277 e. The molecule has 1 aromatic carbocycles. The van der Waals surface area contributed by atoms with Gasteiger partial charge in [-0.15, -0.1) is 0 Å². The van der Waals surface area contributed by atoms with Gasteiger partial charge in [-0.1, -0.05) is 11.6 Å². The fraction of sp³-hybridized carbons (Fsp3) is 0.435. The van der Waals surface area contributed by atoms with Gasteiger partial charge in [0.25, 0.3) is 17.6 Å². The fourth-order valence-corrected chi connectivity index (χ4v) is 4.15. The Kier molecular flexibility index (Phi) is 8.64. The number of nitrogens with two attached hydrogens (primary N) is 2. The summed E-state index contributed by atoms with van der Waals surface area (Å²) in [7, 11) is 3.90. The van der Waals surface area contributed by atoms with Crippen molar-refractivity contribution >= 4 is 46.1 Å². The molecule has 3 aromatic rings. The van der Waals surface area contributed by atoms with Crippen LogP contribution in [0.25, 0.3) is 11.0 Å². The number of imidazole rings is 1. The number of rotatable bonds is 10. The predicted octanol–water partition coefficient (Wildman–Crippen LogP) is 1.33. The van der Waals surface area contributed by atoms with Crippen molar-refractivity contribution in [1.29, 1.82) is 0 Å². The zero-order valence-corrected chi connectivity index (χ0v) is 21.6. The molecule has 3 rings (SSSR count). The number of aromatic nitrogens is 4. The largest absolute Gasteiger partial charge is 0.382 e. The topological polar surface area (TPSA) is 148 Å². The van der Waals surface area contributed by atoms with Crippen molar-refractivity contribution in [3.05, 3.63) is 40.2 Å². The molecule has 2 heterocycles. The van der Waals surface area contributed by atoms with Crippen LogP contribution in [0, 0.1) is 5.82 Å². The van der Waals surface area contributed by atoms with Gasteiger partial charge in [0.05, 0.1) is 18.7 Å². The number of anilines is 2. The second-order valence-electron chi connectivity index (χ2n) is 8.45. The molecule has 0 saturated carbocycles. The van der Waals surface area contributed by atoms with E-state index in [1.807, 2.05) is 42.0 Å². The van der Waals surface area contributed by atoms with Gasteiger partial charge in [0.15, 0.2) is 33.5 Å². The van der Waals surface area contributed by atoms with Crippen LogP contribution in [0.5, 0.6) is 0 Å². The third kappa shape index (κ3) is 5.65. The quantitative estimate of drug-likeness (QED) is 0.233. The standard InChI is InChI=1S/C23H31ClFN9O2/c1-5-33-15-10-13(22(35)28-8-7-9-32(3)4)14(25)11-16(15)34(6-2)17(33)12-29-23(36)18-20(26)31-21(27)19(24)30-18/h10-11H,5-9,12H2,1-4H3,(H5-,26,27,28,29,31,35,36)/p+1. The molecule has 0 aliphatic rings. The minimum atomic E-state index is -0.613. The summed E-state index contributed by atoms with van der Waals surface area (Å²) in [6.07, 6.45) is 0.752. The number of aryl methyl sites for hydroxylation is 2. The Morgan fingerprint density at radius 1 is 1.14 bits per heavy atom. The number of benzene rings is 1. The first-order valence-corrected chi connectivity index (χ1v) is 12.0. The molecule has 2 aromatic heterocycles. The maximum absolute atomic E-state index is 15.0. The summed E-state index contributed by atoms with van der Waals surface area (Å²) < 4.78 is 18.8. The van der Waals surface area contributed by atoms with Gasteiger partial charge >= 0.3 is 0 Å². The molecule has 0 aliphatic carbocycles. The Balaban J connectivity index is 1.90. The molecule has 0 saturated heterocycles. The van der Waals surface area contributed by atoms with Gasteiger partial charge in [-0.2, -0.15) is 0 Å². The summed E-state index contributed by atoms with van der Waals surface area (Å²) >= 11 is 5.89. The molecular formula is C23H32ClFN9O2+. The Hall–Kier alpha value is -3.51. The Morgan fingerprint density at radius 2 is 1.86 bits per heavy atom. The van der Waals surface area contributed by atoms with Gasteiger partial charge in [-0.25, -0.2) is 23.5 Å². The third-order valence-corrected chi connectivity index (χ3v) is 6.02. The summed E-state index contributed by atoms with van der Waals surface area (Å²) in [5.41, 5.74) is 12.5. The van der Waals surface area contributed by atoms with Crippen LogP contribution < -0.4 is 26.7 Å². The molecule has 11 nitrogen and oxygen atoms in total. The highest BCUT2D eigenvalue weighted by molar-refractivity contribution is 6.31. The molecule has 0 bridgehead atoms. The molecule has 0 atom stereocenters. The number of halogens is 2. The Labute approximate surface area is 213 Å². The summed E-state index contributed by atoms with van der Waals surface area (Å²) in [5.74, 6) is -1.17. The summed E-state index contributed by atoms with van der Waals surface area (Å²) in [4.78, 5) is 35.2. The first-order valence-electron chi connectivity index (χ1n) is 11.6. The number of carbonyl (C=O) groups excluding carboxylic acids is 2. The minimum Gasteiger partial charge on any atom is -0.382 e. The zero-order chi connectivity index (χ0) is 26.6. The van der Waals surface area contributed by atoms with Crippen LogP contribution in [0.4, 0.5) is 16.0 Å². The molecule has 194 valence electrons. The van der Waals surface area contributed by atoms with Crippen LogP contribution in [0.3, 0.4) is 0 Å². The van der Waals surface area contributed by atoms with E-state index in [2.05, 4.69) is 20.6 Å². The van der Waals surface area contributed by atoms with Crippen LogP contribution in [0.2, 0.25) is 5.15 Å². The van der Waals surface area contributed by atoms with Crippen LogP contribution in [0.15, 0.2) is 12.1 Å². The molecular weight excluding hydrogens is 489 g/mol. The lowest BCUT2D eigenvalue weighted by molar-refractivity contribution is -0.676. The third-order valence-electron chi connectivity index (χ3n) is 5.74. The molecule has 2 amide bonds. The fourth-order valence-electron chi connectivity index (χ4n) is 4.02. The van der Waals surface area contributed by atoms with E-state index < -0.39 is 17.6 Å². The average molecular weight is 521 g/mol. The number of hydrogen-bond donors (Lipinski definition) is 4. The van der Waals surface area contributed by atoms with E-state index in [0.29, 0.717) is 36.5 Å². The van der Waals surface area contributed by atoms with E-state index in [-0.39, 0.29) is 34.6 Å². The van der Waals surface area contributed by atoms with E-state index in [0.717, 1.165) is 13.0 Å². The van der Waals surface area contributed by atoms with Crippen molar-refractivity contribution in [2.75, 3.05) is 38.7 Å². The Bertz CT molecular complexity index is 1290. The molecule has 6 N–H and O–H groups in total. The summed E-state index contributed by atoms with van der Waals surface area (Å²) in [6, 6.07) is 2.91. The van der Waals surface area contributed by atoms with E-state index in [1.54, 1.807) is 6.07 Å². The van der Waals surface area contributed by atoms with Crippen LogP contribution in [0.1, 0.15) is 46.9 Å². The van der Waals surface area contributed by atoms with Gasteiger partial charge in [-0.05, 0) is 40.9 Å². The molecule has 13 heteroatoms. The number of fused-ring (bicyclic) bond motifs is 1. The second kappa shape index (κ2) is 11.5. The van der Waals surface area contributed by atoms with Crippen LogP contribution in [-0.4, -0.2) is 58.4 Å². The van der Waals surface area contributed by atoms with Gasteiger partial charge in [-0.3, -0.25) is 9.59 Å². The number of nitrogens with one attached hydrogen (secondary N) is 2. The van der Waals surface area contributed by atoms with Gasteiger partial charge in [0.2, 0.25) is 0 Å². The number of carbonyl (C=O) groups is 2. The highest BCUT2D eigenvalue weighted by Crippen LogP contribution is 2.21. The number of nitrogen functional groups attached to an aromatic ring is 2. The van der Waals surface area contributed by atoms with E-state index in [1.165, 1.54) is 6.07 Å². The average Bonchev–Trinajstić information content (AvgIpc) is 3.12. The molecule has 0 fully saturated rings. The SMILES string of the molecule is CCn1c(CNC(=O)c2nc(Cl)c(N)nc2N)[n+](CC)c2cc(F)c(C(=O)NCCCN(C)C)cc21. The van der Waals surface area contributed by atoms with E-state index in [9.17, 15) is 9.59 Å². The van der Waals surface area contributed by atoms with E-state index in [4.69, 9.17) is 23.1 Å². The van der Waals surface area contributed by atoms with Gasteiger partial charge in [0, 0.05) is 18.7 Å². The first kappa shape index (κ1) is 27.1. The number of nitrogens with zero attached hydrogens (tertiary/aromatic N) is 5. The van der Waals surface area contributed by atoms with Crippen LogP contribution in [-0.2, 0) is 19.6 Å². The van der Waals surface area contributed by atoms with E-state index >= 15 is 4.39 Å². The summed E-state index contributed by atoms with van der Waals surface area (Å²) in [5, 5.41) is 5.43. The number of hydrogen-bond acceptors (Lipinski definition) is 7. The molecule has 0 spiro atoms. The minimum absolute atomic E-state index is 0.0297. The lowest BCUT2D eigenvalue weighted by Gasteiger charge is -2.10. The maximum atomic E-state index is 15.0. The maximum Gasteiger partial charge on any atom is 0.277 e. The highest BCUT2D eigenvalue weighted by Gasteiger charge is 2.27. The molecule has 36 heavy (non-hydrogen) atoms. The molecule has 0 radical (unpaired) electrons. The zero-order valence-electron chi connectivity index (χ0n) is 20.9. The monoisotopic (exact) mass is 520 g/mol. The van der Waals surface area contributed by atoms with Crippen molar-refractivity contribution in [3.8, 4) is 0 Å². The van der Waals surface area contributed by atoms with Crippen molar-refractivity contribution in [2.45, 2.75) is 39.9 Å². The second-order valence-corrected chi connectivity index (χ2v) is 8.81. The van der Waals surface area contributed by atoms with Gasteiger partial charge in [0.1, 0.15) is 12.4 Å². The summed E-state index contributed by atoms with van der Waals surface area (Å²) in [6.45, 7) is 6.23. The van der Waals surface area contributed by atoms with Gasteiger partial charge < -0.3 is 27.0 Å². The number of amides is 2. The highest BCUT2D eigenvalue weighted by atomic mass is 35.5. The Morgan fingerprint density at radius 3 is 2.50 bits per heavy atom. The van der Waals surface area contributed by atoms with Crippen molar-refractivity contribution < 1.29 is 18.5 Å². The van der Waals surface area contributed by atoms with Crippen molar-refractivity contribution in [3.63, 3.8) is 0 Å². The normalized spacial score (nSPS) is 11.3. The predicted molar refractivity (Wildman–Crippen MR) is 136 cm³/mol. The lowest BCUT2D eigenvalue weighted by atomic mass is 10.1. The van der Waals surface area contributed by atoms with Crippen molar-refractivity contribution in [2.24, 2.45) is 0 Å². The molecule has 0 aliphatic heterocycles. The molecule has 0 unspecified atom stereocenters. The van der Waals surface area contributed by atoms with Crippen molar-refractivity contribution in [1.82, 2.24) is 30.1 Å². The first-order chi connectivity index (χ1) is 17.1.